The van der Waals surface area contributed by atoms with Crippen molar-refractivity contribution in [3.63, 3.8) is 0 Å². The lowest BCUT2D eigenvalue weighted by atomic mass is 10.0. The van der Waals surface area contributed by atoms with E-state index in [9.17, 15) is 9.59 Å². The van der Waals surface area contributed by atoms with Crippen molar-refractivity contribution >= 4 is 23.2 Å². The molecule has 0 radical (unpaired) electrons. The standard InChI is InChI=1S/C21H26N4O2S/c1-3-14-4-5-15(22-10-14)11-25-9-6-16-17(13-28-19(16)12-25)20(26)23-18-7-8-24(2)21(18)27/h4-5,10,13,18H,3,6-9,11-12H2,1-2H3,(H,23,26)/t18-/m0/s1. The molecule has 7 heteroatoms. The zero-order chi connectivity index (χ0) is 19.7. The third-order valence-electron chi connectivity index (χ3n) is 5.68. The second kappa shape index (κ2) is 8.01. The van der Waals surface area contributed by atoms with Crippen LogP contribution in [0.5, 0.6) is 0 Å². The Balaban J connectivity index is 1.40. The molecule has 0 saturated carbocycles. The Morgan fingerprint density at radius 3 is 2.89 bits per heavy atom. The summed E-state index contributed by atoms with van der Waals surface area (Å²) in [6.07, 6.45) is 4.50. The summed E-state index contributed by atoms with van der Waals surface area (Å²) in [4.78, 5) is 34.6. The SMILES string of the molecule is CCc1ccc(CN2CCc3c(C(=O)N[C@H]4CCN(C)C4=O)csc3C2)nc1. The summed E-state index contributed by atoms with van der Waals surface area (Å²) in [7, 11) is 1.78. The lowest BCUT2D eigenvalue weighted by Crippen LogP contribution is -2.41. The molecule has 0 spiro atoms. The maximum Gasteiger partial charge on any atom is 0.253 e. The van der Waals surface area contributed by atoms with Gasteiger partial charge >= 0.3 is 0 Å². The van der Waals surface area contributed by atoms with E-state index in [1.165, 1.54) is 10.4 Å². The fraction of sp³-hybridized carbons (Fsp3) is 0.476. The number of likely N-dealkylation sites (tertiary alicyclic amines) is 1. The molecule has 1 N–H and O–H groups in total. The molecular weight excluding hydrogens is 372 g/mol. The third kappa shape index (κ3) is 3.82. The van der Waals surface area contributed by atoms with Crippen LogP contribution in [0.3, 0.4) is 0 Å². The van der Waals surface area contributed by atoms with Gasteiger partial charge in [0.25, 0.3) is 5.91 Å². The van der Waals surface area contributed by atoms with E-state index < -0.39 is 0 Å². The largest absolute Gasteiger partial charge is 0.344 e. The number of carbonyl (C=O) groups excluding carboxylic acids is 2. The van der Waals surface area contributed by atoms with E-state index in [0.717, 1.165) is 49.3 Å². The van der Waals surface area contributed by atoms with Crippen LogP contribution < -0.4 is 5.32 Å². The number of nitrogens with zero attached hydrogens (tertiary/aromatic N) is 3. The maximum absolute atomic E-state index is 12.7. The normalized spacial score (nSPS) is 19.7. The Bertz CT molecular complexity index is 877. The van der Waals surface area contributed by atoms with Gasteiger partial charge in [-0.25, -0.2) is 0 Å². The molecule has 2 aromatic rings. The van der Waals surface area contributed by atoms with Gasteiger partial charge in [0, 0.05) is 49.7 Å². The smallest absolute Gasteiger partial charge is 0.253 e. The molecule has 0 aromatic carbocycles. The van der Waals surface area contributed by atoms with Gasteiger partial charge in [-0.1, -0.05) is 13.0 Å². The van der Waals surface area contributed by atoms with E-state index in [4.69, 9.17) is 0 Å². The van der Waals surface area contributed by atoms with Gasteiger partial charge in [-0.3, -0.25) is 19.5 Å². The van der Waals surface area contributed by atoms with Crippen molar-refractivity contribution in [2.45, 2.75) is 45.3 Å². The Morgan fingerprint density at radius 1 is 1.36 bits per heavy atom. The Labute approximate surface area is 169 Å². The topological polar surface area (TPSA) is 65.5 Å². The van der Waals surface area contributed by atoms with Crippen LogP contribution in [-0.4, -0.2) is 52.8 Å². The highest BCUT2D eigenvalue weighted by Crippen LogP contribution is 2.29. The molecule has 2 aliphatic heterocycles. The summed E-state index contributed by atoms with van der Waals surface area (Å²) < 4.78 is 0. The minimum Gasteiger partial charge on any atom is -0.344 e. The molecule has 6 nitrogen and oxygen atoms in total. The minimum absolute atomic E-state index is 0.00483. The zero-order valence-corrected chi connectivity index (χ0v) is 17.2. The number of fused-ring (bicyclic) bond motifs is 1. The van der Waals surface area contributed by atoms with Crippen LogP contribution in [0.4, 0.5) is 0 Å². The van der Waals surface area contributed by atoms with Crippen LogP contribution in [0.2, 0.25) is 0 Å². The molecule has 28 heavy (non-hydrogen) atoms. The first kappa shape index (κ1) is 19.1. The maximum atomic E-state index is 12.7. The van der Waals surface area contributed by atoms with E-state index in [2.05, 4.69) is 34.3 Å². The number of likely N-dealkylation sites (N-methyl/N-ethyl adjacent to an activating group) is 1. The number of rotatable bonds is 5. The van der Waals surface area contributed by atoms with Crippen molar-refractivity contribution in [3.05, 3.63) is 51.0 Å². The summed E-state index contributed by atoms with van der Waals surface area (Å²) >= 11 is 1.64. The van der Waals surface area contributed by atoms with Gasteiger partial charge in [-0.05, 0) is 36.5 Å². The number of carbonyl (C=O) groups is 2. The van der Waals surface area contributed by atoms with Crippen LogP contribution in [0.25, 0.3) is 0 Å². The Morgan fingerprint density at radius 2 is 2.21 bits per heavy atom. The van der Waals surface area contributed by atoms with E-state index in [0.29, 0.717) is 13.0 Å². The second-order valence-electron chi connectivity index (χ2n) is 7.60. The molecule has 2 aliphatic rings. The first-order chi connectivity index (χ1) is 13.5. The molecule has 4 heterocycles. The molecule has 1 fully saturated rings. The van der Waals surface area contributed by atoms with Crippen LogP contribution in [0, 0.1) is 0 Å². The van der Waals surface area contributed by atoms with E-state index >= 15 is 0 Å². The first-order valence-electron chi connectivity index (χ1n) is 9.86. The summed E-state index contributed by atoms with van der Waals surface area (Å²) in [5, 5.41) is 4.87. The molecule has 4 rings (SSSR count). The second-order valence-corrected chi connectivity index (χ2v) is 8.56. The number of pyridine rings is 1. The zero-order valence-electron chi connectivity index (χ0n) is 16.4. The van der Waals surface area contributed by atoms with Crippen molar-refractivity contribution in [2.24, 2.45) is 0 Å². The number of nitrogens with one attached hydrogen (secondary N) is 1. The summed E-state index contributed by atoms with van der Waals surface area (Å²) in [5.74, 6) is -0.110. The van der Waals surface area contributed by atoms with E-state index in [1.54, 1.807) is 23.3 Å². The molecule has 2 aromatic heterocycles. The van der Waals surface area contributed by atoms with Gasteiger partial charge in [0.1, 0.15) is 6.04 Å². The van der Waals surface area contributed by atoms with Crippen molar-refractivity contribution in [2.75, 3.05) is 20.1 Å². The van der Waals surface area contributed by atoms with E-state index in [1.807, 2.05) is 11.6 Å². The molecule has 2 amide bonds. The molecule has 0 bridgehead atoms. The summed E-state index contributed by atoms with van der Waals surface area (Å²) in [6.45, 7) is 5.41. The van der Waals surface area contributed by atoms with Crippen molar-refractivity contribution in [1.82, 2.24) is 20.1 Å². The predicted molar refractivity (Wildman–Crippen MR) is 109 cm³/mol. The van der Waals surface area contributed by atoms with E-state index in [-0.39, 0.29) is 17.9 Å². The molecular formula is C21H26N4O2S. The summed E-state index contributed by atoms with van der Waals surface area (Å²) in [6, 6.07) is 3.87. The van der Waals surface area contributed by atoms with Gasteiger partial charge in [-0.2, -0.15) is 0 Å². The van der Waals surface area contributed by atoms with Crippen LogP contribution in [-0.2, 0) is 30.7 Å². The van der Waals surface area contributed by atoms with Crippen molar-refractivity contribution in [1.29, 1.82) is 0 Å². The molecule has 0 aliphatic carbocycles. The number of thiophene rings is 1. The quantitative estimate of drug-likeness (QED) is 0.839. The Hall–Kier alpha value is -2.25. The lowest BCUT2D eigenvalue weighted by molar-refractivity contribution is -0.128. The Kier molecular flexibility index (Phi) is 5.46. The third-order valence-corrected chi connectivity index (χ3v) is 6.70. The monoisotopic (exact) mass is 398 g/mol. The summed E-state index contributed by atoms with van der Waals surface area (Å²) in [5.41, 5.74) is 4.23. The first-order valence-corrected chi connectivity index (χ1v) is 10.7. The van der Waals surface area contributed by atoms with Crippen LogP contribution >= 0.6 is 11.3 Å². The highest BCUT2D eigenvalue weighted by Gasteiger charge is 2.32. The molecule has 1 atom stereocenters. The number of hydrogen-bond acceptors (Lipinski definition) is 5. The van der Waals surface area contributed by atoms with Crippen molar-refractivity contribution in [3.8, 4) is 0 Å². The number of hydrogen-bond donors (Lipinski definition) is 1. The van der Waals surface area contributed by atoms with Gasteiger partial charge in [0.05, 0.1) is 11.3 Å². The fourth-order valence-corrected chi connectivity index (χ4v) is 5.01. The fourth-order valence-electron chi connectivity index (χ4n) is 3.89. The number of amides is 2. The average Bonchev–Trinajstić information content (AvgIpc) is 3.27. The van der Waals surface area contributed by atoms with Crippen LogP contribution in [0.15, 0.2) is 23.7 Å². The number of aryl methyl sites for hydroxylation is 1. The lowest BCUT2D eigenvalue weighted by Gasteiger charge is -2.27. The molecule has 0 unspecified atom stereocenters. The highest BCUT2D eigenvalue weighted by atomic mass is 32.1. The molecule has 148 valence electrons. The minimum atomic E-state index is -0.384. The van der Waals surface area contributed by atoms with Gasteiger partial charge in [-0.15, -0.1) is 11.3 Å². The average molecular weight is 399 g/mol. The van der Waals surface area contributed by atoms with Gasteiger partial charge in [0.2, 0.25) is 5.91 Å². The van der Waals surface area contributed by atoms with Gasteiger partial charge < -0.3 is 10.2 Å². The molecule has 1 saturated heterocycles. The van der Waals surface area contributed by atoms with Crippen molar-refractivity contribution < 1.29 is 9.59 Å². The highest BCUT2D eigenvalue weighted by molar-refractivity contribution is 7.10. The number of aromatic nitrogens is 1. The van der Waals surface area contributed by atoms with Gasteiger partial charge in [0.15, 0.2) is 0 Å². The predicted octanol–water partition coefficient (Wildman–Crippen LogP) is 2.22. The van der Waals surface area contributed by atoms with Crippen LogP contribution in [0.1, 0.15) is 45.4 Å².